The van der Waals surface area contributed by atoms with Crippen molar-refractivity contribution in [3.05, 3.63) is 72.5 Å². The Bertz CT molecular complexity index is 1790. The number of aromatic nitrogens is 2. The molecule has 13 nitrogen and oxygen atoms in total. The Labute approximate surface area is 366 Å². The van der Waals surface area contributed by atoms with Crippen LogP contribution in [0.25, 0.3) is 0 Å². The molecule has 1 fully saturated rings. The van der Waals surface area contributed by atoms with Crippen LogP contribution in [0.1, 0.15) is 168 Å². The van der Waals surface area contributed by atoms with E-state index in [-0.39, 0.29) is 34.7 Å². The monoisotopic (exact) mass is 892 g/mol. The van der Waals surface area contributed by atoms with Gasteiger partial charge in [-0.1, -0.05) is 48.5 Å². The summed E-state index contributed by atoms with van der Waals surface area (Å²) in [6.45, 7) is 22.9. The van der Waals surface area contributed by atoms with E-state index in [1.165, 1.54) is 86.1 Å². The van der Waals surface area contributed by atoms with Gasteiger partial charge in [-0.2, -0.15) is 0 Å². The van der Waals surface area contributed by atoms with Crippen LogP contribution in [0, 0.1) is 10.1 Å². The first-order valence-electron chi connectivity index (χ1n) is 23.2. The van der Waals surface area contributed by atoms with Crippen LogP contribution in [0.3, 0.4) is 0 Å². The van der Waals surface area contributed by atoms with E-state index >= 15 is 0 Å². The summed E-state index contributed by atoms with van der Waals surface area (Å²) in [4.78, 5) is 66.1. The molecule has 1 aliphatic rings. The molecule has 0 amide bonds. The van der Waals surface area contributed by atoms with Crippen LogP contribution in [0.2, 0.25) is 16.6 Å². The number of hydrogen-bond acceptors (Lipinski definition) is 10. The van der Waals surface area contributed by atoms with Crippen LogP contribution in [0.15, 0.2) is 40.1 Å². The molecule has 1 saturated heterocycles. The second kappa shape index (κ2) is 24.6. The number of ketones is 1. The second-order valence-electron chi connectivity index (χ2n) is 18.4. The van der Waals surface area contributed by atoms with Gasteiger partial charge >= 0.3 is 207 Å². The number of carbonyl (C=O) groups is 2. The SMILES string of the molecule is CCCC[PH](CCCC)(CCCC)CCCCC(=O)c1ccc(C(C)COC(=O)O[C@@H]2C(O[Si](C(C)C)(C(C)C)C(C)C)[C@H](n3ccc(=O)[nH]c3=O)O[C@@H]2CC)c([N+](=O)[O-])c1. The first kappa shape index (κ1) is 52.2. The number of hydrogen-bond donors (Lipinski definition) is 1. The van der Waals surface area contributed by atoms with Crippen molar-refractivity contribution in [3.63, 3.8) is 0 Å². The number of carbonyl (C=O) groups excluding carboxylic acids is 2. The number of nitrogens with one attached hydrogen (secondary N) is 1. The van der Waals surface area contributed by atoms with Crippen LogP contribution >= 0.6 is 7.26 Å². The average molecular weight is 892 g/mol. The Morgan fingerprint density at radius 2 is 1.43 bits per heavy atom. The molecule has 1 aromatic heterocycles. The van der Waals surface area contributed by atoms with Gasteiger partial charge in [0, 0.05) is 12.3 Å². The van der Waals surface area contributed by atoms with Crippen LogP contribution in [-0.2, 0) is 18.6 Å². The van der Waals surface area contributed by atoms with Crippen LogP contribution in [-0.4, -0.2) is 84.3 Å². The summed E-state index contributed by atoms with van der Waals surface area (Å²) in [5.41, 5.74) is -0.322. The van der Waals surface area contributed by atoms with Gasteiger partial charge in [-0.15, -0.1) is 0 Å². The fraction of sp³-hybridized carbons (Fsp3) is 0.739. The molecular formula is C46H78N3O10PSi. The van der Waals surface area contributed by atoms with Crippen molar-refractivity contribution in [1.82, 2.24) is 9.55 Å². The zero-order valence-electron chi connectivity index (χ0n) is 39.1. The van der Waals surface area contributed by atoms with E-state index in [9.17, 15) is 29.3 Å². The normalized spacial score (nSPS) is 19.1. The van der Waals surface area contributed by atoms with Crippen LogP contribution in [0.5, 0.6) is 0 Å². The summed E-state index contributed by atoms with van der Waals surface area (Å²) in [5, 5.41) is 12.4. The molecular weight excluding hydrogens is 814 g/mol. The molecule has 0 saturated carbocycles. The van der Waals surface area contributed by atoms with Crippen LogP contribution < -0.4 is 11.2 Å². The van der Waals surface area contributed by atoms with Crippen molar-refractivity contribution in [3.8, 4) is 0 Å². The van der Waals surface area contributed by atoms with E-state index in [1.54, 1.807) is 19.1 Å². The molecule has 346 valence electrons. The van der Waals surface area contributed by atoms with E-state index < -0.39 is 68.4 Å². The van der Waals surface area contributed by atoms with Crippen LogP contribution in [0.4, 0.5) is 10.5 Å². The summed E-state index contributed by atoms with van der Waals surface area (Å²) < 4.78 is 26.5. The van der Waals surface area contributed by atoms with Gasteiger partial charge in [0.25, 0.3) is 5.56 Å². The van der Waals surface area contributed by atoms with Crippen molar-refractivity contribution in [2.75, 3.05) is 31.3 Å². The molecule has 0 spiro atoms. The van der Waals surface area contributed by atoms with Crippen molar-refractivity contribution in [1.29, 1.82) is 0 Å². The number of aromatic amines is 1. The van der Waals surface area contributed by atoms with E-state index in [0.29, 0.717) is 24.0 Å². The number of rotatable bonds is 27. The molecule has 3 rings (SSSR count). The molecule has 2 heterocycles. The van der Waals surface area contributed by atoms with Gasteiger partial charge < -0.3 is 13.9 Å². The van der Waals surface area contributed by atoms with E-state index in [4.69, 9.17) is 18.6 Å². The molecule has 1 aromatic carbocycles. The van der Waals surface area contributed by atoms with Gasteiger partial charge in [0.2, 0.25) is 8.32 Å². The third-order valence-corrected chi connectivity index (χ3v) is 24.9. The Morgan fingerprint density at radius 3 is 1.93 bits per heavy atom. The standard InChI is InChI=1S/C46H78N3O10PSi/c1-12-16-26-60(27-17-13-2,28-18-14-3)29-20-19-21-39(50)36-22-23-37(38(30-36)49(54)55)35(11)31-56-46(53)58-42-40(15-4)57-44(48-25-24-41(51)47-45(48)52)43(42)59-61(32(5)6,33(7)8)34(9)10/h22-25,30,32-35,40,42-44,60H,12-21,26-29,31H2,1-11H3,(H,47,51,52)/t35?,40-,42+,43?,44-/m1/s1. The summed E-state index contributed by atoms with van der Waals surface area (Å²) in [7, 11) is -4.07. The third-order valence-electron chi connectivity index (χ3n) is 13.2. The molecule has 1 aliphatic heterocycles. The Balaban J connectivity index is 1.77. The third kappa shape index (κ3) is 13.7. The Hall–Kier alpha value is -3.19. The summed E-state index contributed by atoms with van der Waals surface area (Å²) in [6, 6.07) is 5.81. The minimum absolute atomic E-state index is 0.104. The fourth-order valence-electron chi connectivity index (χ4n) is 9.86. The molecule has 0 radical (unpaired) electrons. The van der Waals surface area contributed by atoms with E-state index in [1.807, 2.05) is 6.92 Å². The number of ether oxygens (including phenoxy) is 3. The predicted octanol–water partition coefficient (Wildman–Crippen LogP) is 11.1. The summed E-state index contributed by atoms with van der Waals surface area (Å²) in [5.74, 6) is -0.707. The first-order valence-corrected chi connectivity index (χ1v) is 28.2. The Kier molecular flexibility index (Phi) is 21.0. The number of nitro groups is 1. The quantitative estimate of drug-likeness (QED) is 0.0173. The van der Waals surface area contributed by atoms with Gasteiger partial charge in [0.1, 0.15) is 6.10 Å². The zero-order chi connectivity index (χ0) is 45.5. The maximum atomic E-state index is 13.5. The molecule has 0 aliphatic carbocycles. The topological polar surface area (TPSA) is 169 Å². The van der Waals surface area contributed by atoms with E-state index in [2.05, 4.69) is 67.3 Å². The zero-order valence-corrected chi connectivity index (χ0v) is 41.1. The van der Waals surface area contributed by atoms with Gasteiger partial charge in [-0.25, -0.2) is 9.59 Å². The molecule has 0 bridgehead atoms. The number of H-pyrrole nitrogens is 1. The first-order chi connectivity index (χ1) is 28.9. The molecule has 2 aromatic rings. The van der Waals surface area contributed by atoms with E-state index in [0.717, 1.165) is 12.8 Å². The molecule has 15 heteroatoms. The number of nitrogens with zero attached hydrogens (tertiary/aromatic N) is 2. The van der Waals surface area contributed by atoms with Crippen molar-refractivity contribution in [2.24, 2.45) is 0 Å². The Morgan fingerprint density at radius 1 is 0.852 bits per heavy atom. The number of unbranched alkanes of at least 4 members (excludes halogenated alkanes) is 4. The molecule has 61 heavy (non-hydrogen) atoms. The number of benzene rings is 1. The molecule has 2 unspecified atom stereocenters. The second-order valence-corrected chi connectivity index (χ2v) is 28.8. The predicted molar refractivity (Wildman–Crippen MR) is 250 cm³/mol. The molecule has 5 atom stereocenters. The number of Topliss-reactive ketones (excluding diaryl/α,β-unsaturated/α-hetero) is 1. The van der Waals surface area contributed by atoms with Crippen molar-refractivity contribution in [2.45, 2.75) is 187 Å². The minimum atomic E-state index is -2.66. The molecule has 1 N–H and O–H groups in total. The van der Waals surface area contributed by atoms with Crippen molar-refractivity contribution < 1.29 is 33.1 Å². The fourth-order valence-corrected chi connectivity index (χ4v) is 21.2. The van der Waals surface area contributed by atoms with Gasteiger partial charge in [0.05, 0.1) is 6.10 Å². The van der Waals surface area contributed by atoms with Crippen molar-refractivity contribution >= 4 is 33.2 Å². The van der Waals surface area contributed by atoms with Gasteiger partial charge in [-0.05, 0) is 23.0 Å². The van der Waals surface area contributed by atoms with Gasteiger partial charge in [0.15, 0.2) is 12.3 Å². The summed E-state index contributed by atoms with van der Waals surface area (Å²) >= 11 is 0. The average Bonchev–Trinajstić information content (AvgIpc) is 3.55. The number of nitro benzene ring substituents is 1. The summed E-state index contributed by atoms with van der Waals surface area (Å²) in [6.07, 6.45) is 12.2. The van der Waals surface area contributed by atoms with Gasteiger partial charge in [-0.3, -0.25) is 14.3 Å². The maximum absolute atomic E-state index is 13.5.